The Morgan fingerprint density at radius 3 is 2.53 bits per heavy atom. The van der Waals surface area contributed by atoms with E-state index in [1.807, 2.05) is 29.2 Å². The number of hydrogen-bond acceptors (Lipinski definition) is 2. The molecule has 0 N–H and O–H groups in total. The van der Waals surface area contributed by atoms with Crippen molar-refractivity contribution in [3.8, 4) is 11.3 Å². The number of rotatable bonds is 4. The Morgan fingerprint density at radius 1 is 1.18 bits per heavy atom. The van der Waals surface area contributed by atoms with Crippen molar-refractivity contribution < 1.29 is 0 Å². The molecular weight excluding hydrogens is 210 g/mol. The van der Waals surface area contributed by atoms with Crippen molar-refractivity contribution in [3.63, 3.8) is 0 Å². The zero-order chi connectivity index (χ0) is 12.3. The van der Waals surface area contributed by atoms with Crippen molar-refractivity contribution in [2.45, 2.75) is 39.2 Å². The lowest BCUT2D eigenvalue weighted by atomic mass is 10.0. The molecule has 0 bridgehead atoms. The lowest BCUT2D eigenvalue weighted by molar-refractivity contribution is 0.259. The molecule has 0 unspecified atom stereocenters. The van der Waals surface area contributed by atoms with Gasteiger partial charge in [0, 0.05) is 5.56 Å². The first-order chi connectivity index (χ1) is 8.13. The molecule has 0 atom stereocenters. The monoisotopic (exact) mass is 229 g/mol. The van der Waals surface area contributed by atoms with Crippen LogP contribution in [0.3, 0.4) is 0 Å². The molecule has 0 saturated carbocycles. The summed E-state index contributed by atoms with van der Waals surface area (Å²) in [5, 5.41) is 8.96. The number of aromatic nitrogens is 3. The molecule has 2 rings (SSSR count). The topological polar surface area (TPSA) is 30.7 Å². The molecule has 0 saturated heterocycles. The molecule has 0 spiro atoms. The van der Waals surface area contributed by atoms with Gasteiger partial charge in [-0.15, -0.1) is 0 Å². The fraction of sp³-hybridized carbons (Fsp3) is 0.429. The Labute approximate surface area is 102 Å². The molecule has 0 amide bonds. The van der Waals surface area contributed by atoms with Crippen molar-refractivity contribution in [1.29, 1.82) is 0 Å². The van der Waals surface area contributed by atoms with Gasteiger partial charge in [-0.2, -0.15) is 15.0 Å². The highest BCUT2D eigenvalue weighted by Gasteiger charge is 2.21. The summed E-state index contributed by atoms with van der Waals surface area (Å²) in [6.45, 7) is 6.53. The molecule has 0 radical (unpaired) electrons. The molecule has 1 aromatic carbocycles. The molecule has 90 valence electrons. The van der Waals surface area contributed by atoms with Crippen LogP contribution in [0.25, 0.3) is 11.3 Å². The molecule has 2 aromatic rings. The molecule has 3 nitrogen and oxygen atoms in total. The number of nitrogens with zero attached hydrogens (tertiary/aromatic N) is 3. The third kappa shape index (κ3) is 2.54. The van der Waals surface area contributed by atoms with Gasteiger partial charge in [-0.1, -0.05) is 43.7 Å². The Hall–Kier alpha value is -1.64. The van der Waals surface area contributed by atoms with E-state index in [4.69, 9.17) is 0 Å². The first-order valence-electron chi connectivity index (χ1n) is 6.12. The normalized spacial score (nSPS) is 11.7. The predicted octanol–water partition coefficient (Wildman–Crippen LogP) is 3.48. The summed E-state index contributed by atoms with van der Waals surface area (Å²) in [6.07, 6.45) is 4.05. The van der Waals surface area contributed by atoms with E-state index in [1.165, 1.54) is 0 Å². The summed E-state index contributed by atoms with van der Waals surface area (Å²) in [6, 6.07) is 10.2. The minimum atomic E-state index is -0.0121. The zero-order valence-corrected chi connectivity index (χ0v) is 10.7. The number of hydrogen-bond donors (Lipinski definition) is 0. The summed E-state index contributed by atoms with van der Waals surface area (Å²) in [5.41, 5.74) is 2.04. The lowest BCUT2D eigenvalue weighted by Crippen LogP contribution is -2.28. The SMILES string of the molecule is CCCC(C)(C)n1ncc(-c2ccccc2)n1. The fourth-order valence-corrected chi connectivity index (χ4v) is 2.01. The second kappa shape index (κ2) is 4.70. The molecule has 1 heterocycles. The summed E-state index contributed by atoms with van der Waals surface area (Å²) >= 11 is 0. The van der Waals surface area contributed by atoms with Crippen molar-refractivity contribution >= 4 is 0 Å². The summed E-state index contributed by atoms with van der Waals surface area (Å²) in [5.74, 6) is 0. The van der Waals surface area contributed by atoms with Gasteiger partial charge in [-0.05, 0) is 20.3 Å². The van der Waals surface area contributed by atoms with Gasteiger partial charge in [0.25, 0.3) is 0 Å². The Kier molecular flexibility index (Phi) is 3.27. The van der Waals surface area contributed by atoms with E-state index in [0.717, 1.165) is 24.1 Å². The lowest BCUT2D eigenvalue weighted by Gasteiger charge is -2.22. The second-order valence-electron chi connectivity index (χ2n) is 4.95. The minimum Gasteiger partial charge on any atom is -0.179 e. The standard InChI is InChI=1S/C14H19N3/c1-4-10-14(2,3)17-15-11-13(16-17)12-8-6-5-7-9-12/h5-9,11H,4,10H2,1-3H3. The first kappa shape index (κ1) is 11.8. The smallest absolute Gasteiger partial charge is 0.113 e. The van der Waals surface area contributed by atoms with Gasteiger partial charge in [-0.25, -0.2) is 0 Å². The molecule has 1 aromatic heterocycles. The highest BCUT2D eigenvalue weighted by Crippen LogP contribution is 2.22. The highest BCUT2D eigenvalue weighted by molar-refractivity contribution is 5.56. The van der Waals surface area contributed by atoms with Crippen molar-refractivity contribution in [3.05, 3.63) is 36.5 Å². The van der Waals surface area contributed by atoms with Crippen LogP contribution >= 0.6 is 0 Å². The van der Waals surface area contributed by atoms with Crippen LogP contribution < -0.4 is 0 Å². The van der Waals surface area contributed by atoms with E-state index in [2.05, 4.69) is 43.1 Å². The fourth-order valence-electron chi connectivity index (χ4n) is 2.01. The van der Waals surface area contributed by atoms with Gasteiger partial charge >= 0.3 is 0 Å². The average Bonchev–Trinajstić information content (AvgIpc) is 2.80. The van der Waals surface area contributed by atoms with Gasteiger partial charge in [0.05, 0.1) is 11.7 Å². The van der Waals surface area contributed by atoms with Crippen LogP contribution in [0.4, 0.5) is 0 Å². The quantitative estimate of drug-likeness (QED) is 0.803. The zero-order valence-electron chi connectivity index (χ0n) is 10.7. The second-order valence-corrected chi connectivity index (χ2v) is 4.95. The van der Waals surface area contributed by atoms with Crippen LogP contribution in [0.15, 0.2) is 36.5 Å². The van der Waals surface area contributed by atoms with Crippen molar-refractivity contribution in [2.24, 2.45) is 0 Å². The number of benzene rings is 1. The molecule has 0 aliphatic heterocycles. The minimum absolute atomic E-state index is 0.0121. The Morgan fingerprint density at radius 2 is 1.88 bits per heavy atom. The van der Waals surface area contributed by atoms with Crippen LogP contribution in [0.2, 0.25) is 0 Å². The van der Waals surface area contributed by atoms with Gasteiger partial charge in [0.15, 0.2) is 0 Å². The highest BCUT2D eigenvalue weighted by atomic mass is 15.5. The maximum Gasteiger partial charge on any atom is 0.113 e. The molecule has 0 fully saturated rings. The molecule has 0 aliphatic rings. The third-order valence-corrected chi connectivity index (χ3v) is 2.96. The third-order valence-electron chi connectivity index (χ3n) is 2.96. The van der Waals surface area contributed by atoms with E-state index in [1.54, 1.807) is 0 Å². The van der Waals surface area contributed by atoms with E-state index < -0.39 is 0 Å². The Balaban J connectivity index is 2.28. The predicted molar refractivity (Wildman–Crippen MR) is 69.7 cm³/mol. The first-order valence-corrected chi connectivity index (χ1v) is 6.12. The van der Waals surface area contributed by atoms with E-state index >= 15 is 0 Å². The van der Waals surface area contributed by atoms with Gasteiger partial charge in [0.1, 0.15) is 5.69 Å². The molecule has 0 aliphatic carbocycles. The van der Waals surface area contributed by atoms with E-state index in [0.29, 0.717) is 0 Å². The largest absolute Gasteiger partial charge is 0.179 e. The van der Waals surface area contributed by atoms with Crippen molar-refractivity contribution in [1.82, 2.24) is 15.0 Å². The van der Waals surface area contributed by atoms with Crippen molar-refractivity contribution in [2.75, 3.05) is 0 Å². The van der Waals surface area contributed by atoms with Crippen LogP contribution in [-0.4, -0.2) is 15.0 Å². The van der Waals surface area contributed by atoms with Gasteiger partial charge in [-0.3, -0.25) is 0 Å². The van der Waals surface area contributed by atoms with E-state index in [-0.39, 0.29) is 5.54 Å². The van der Waals surface area contributed by atoms with Crippen LogP contribution in [0.5, 0.6) is 0 Å². The van der Waals surface area contributed by atoms with Crippen LogP contribution in [0, 0.1) is 0 Å². The van der Waals surface area contributed by atoms with Gasteiger partial charge < -0.3 is 0 Å². The average molecular weight is 229 g/mol. The maximum atomic E-state index is 4.58. The van der Waals surface area contributed by atoms with Crippen LogP contribution in [0.1, 0.15) is 33.6 Å². The summed E-state index contributed by atoms with van der Waals surface area (Å²) < 4.78 is 0. The van der Waals surface area contributed by atoms with Gasteiger partial charge in [0.2, 0.25) is 0 Å². The van der Waals surface area contributed by atoms with Crippen LogP contribution in [-0.2, 0) is 5.54 Å². The maximum absolute atomic E-state index is 4.58. The van der Waals surface area contributed by atoms with E-state index in [9.17, 15) is 0 Å². The molecule has 17 heavy (non-hydrogen) atoms. The summed E-state index contributed by atoms with van der Waals surface area (Å²) in [7, 11) is 0. The molecule has 3 heteroatoms. The summed E-state index contributed by atoms with van der Waals surface area (Å²) in [4.78, 5) is 1.83. The Bertz CT molecular complexity index is 471. The molecular formula is C14H19N3.